The Hall–Kier alpha value is -1.29. The third-order valence-electron chi connectivity index (χ3n) is 5.15. The van der Waals surface area contributed by atoms with Gasteiger partial charge in [0.25, 0.3) is 0 Å². The predicted molar refractivity (Wildman–Crippen MR) is 109 cm³/mol. The van der Waals surface area contributed by atoms with Crippen molar-refractivity contribution in [1.29, 1.82) is 0 Å². The van der Waals surface area contributed by atoms with Crippen molar-refractivity contribution in [2.45, 2.75) is 37.8 Å². The van der Waals surface area contributed by atoms with Gasteiger partial charge in [0.05, 0.1) is 34.5 Å². The summed E-state index contributed by atoms with van der Waals surface area (Å²) < 4.78 is 24.4. The molecule has 0 radical (unpaired) electrons. The third-order valence-corrected chi connectivity index (χ3v) is 8.80. The molecule has 0 saturated carbocycles. The Balaban J connectivity index is 1.40. The molecule has 4 rings (SSSR count). The Morgan fingerprint density at radius 3 is 2.78 bits per heavy atom. The second kappa shape index (κ2) is 7.98. The van der Waals surface area contributed by atoms with Gasteiger partial charge in [0.15, 0.2) is 9.84 Å². The summed E-state index contributed by atoms with van der Waals surface area (Å²) in [7, 11) is -3.11. The summed E-state index contributed by atoms with van der Waals surface area (Å²) in [4.78, 5) is 20.4. The molecule has 6 nitrogen and oxygen atoms in total. The molecular formula is C18H23N3O3S3. The maximum Gasteiger partial charge on any atom is 0.226 e. The van der Waals surface area contributed by atoms with Crippen molar-refractivity contribution in [2.75, 3.05) is 24.6 Å². The van der Waals surface area contributed by atoms with Crippen molar-refractivity contribution in [2.24, 2.45) is 0 Å². The molecule has 4 heterocycles. The number of likely N-dealkylation sites (tertiary alicyclic amines) is 1. The van der Waals surface area contributed by atoms with Crippen molar-refractivity contribution < 1.29 is 13.2 Å². The smallest absolute Gasteiger partial charge is 0.226 e. The molecule has 0 bridgehead atoms. The van der Waals surface area contributed by atoms with Crippen molar-refractivity contribution in [3.05, 3.63) is 28.6 Å². The van der Waals surface area contributed by atoms with Crippen LogP contribution in [0.25, 0.3) is 9.88 Å². The first-order valence-corrected chi connectivity index (χ1v) is 12.8. The summed E-state index contributed by atoms with van der Waals surface area (Å²) in [6.45, 7) is 1.84. The summed E-state index contributed by atoms with van der Waals surface area (Å²) >= 11 is 3.16. The van der Waals surface area contributed by atoms with Gasteiger partial charge in [0.2, 0.25) is 5.91 Å². The van der Waals surface area contributed by atoms with E-state index in [-0.39, 0.29) is 35.9 Å². The third kappa shape index (κ3) is 4.59. The number of thiophene rings is 1. The maximum absolute atomic E-state index is 12.5. The minimum atomic E-state index is -3.11. The van der Waals surface area contributed by atoms with Crippen LogP contribution in [0.4, 0.5) is 0 Å². The zero-order valence-electron chi connectivity index (χ0n) is 15.0. The first-order valence-electron chi connectivity index (χ1n) is 9.22. The molecule has 0 aromatic carbocycles. The molecule has 1 N–H and O–H groups in total. The number of hydrogen-bond acceptors (Lipinski definition) is 7. The van der Waals surface area contributed by atoms with Crippen LogP contribution in [0.5, 0.6) is 0 Å². The topological polar surface area (TPSA) is 79.4 Å². The monoisotopic (exact) mass is 425 g/mol. The number of aromatic nitrogens is 1. The van der Waals surface area contributed by atoms with Crippen LogP contribution >= 0.6 is 22.7 Å². The summed E-state index contributed by atoms with van der Waals surface area (Å²) in [5.41, 5.74) is 0.733. The van der Waals surface area contributed by atoms with Crippen LogP contribution in [-0.2, 0) is 21.1 Å². The number of hydrogen-bond donors (Lipinski definition) is 1. The van der Waals surface area contributed by atoms with E-state index in [0.29, 0.717) is 0 Å². The van der Waals surface area contributed by atoms with Crippen LogP contribution in [0.15, 0.2) is 22.9 Å². The average Bonchev–Trinajstić information content (AvgIpc) is 3.35. The van der Waals surface area contributed by atoms with E-state index in [2.05, 4.69) is 15.2 Å². The Morgan fingerprint density at radius 1 is 1.22 bits per heavy atom. The summed E-state index contributed by atoms with van der Waals surface area (Å²) in [6, 6.07) is 3.57. The fourth-order valence-electron chi connectivity index (χ4n) is 3.90. The first kappa shape index (κ1) is 19.0. The number of carbonyl (C=O) groups excluding carboxylic acids is 1. The van der Waals surface area contributed by atoms with Crippen molar-refractivity contribution in [1.82, 2.24) is 15.2 Å². The number of amides is 1. The Bertz CT molecular complexity index is 886. The lowest BCUT2D eigenvalue weighted by molar-refractivity contribution is -0.121. The molecule has 2 aromatic rings. The van der Waals surface area contributed by atoms with Gasteiger partial charge in [-0.15, -0.1) is 22.7 Å². The normalized spacial score (nSPS) is 25.5. The molecule has 1 amide bonds. The van der Waals surface area contributed by atoms with Gasteiger partial charge in [0.1, 0.15) is 5.01 Å². The molecular weight excluding hydrogens is 402 g/mol. The number of thiazole rings is 1. The summed E-state index contributed by atoms with van der Waals surface area (Å²) in [6.07, 6.45) is 3.58. The van der Waals surface area contributed by atoms with Gasteiger partial charge in [-0.1, -0.05) is 12.5 Å². The number of nitrogens with zero attached hydrogens (tertiary/aromatic N) is 2. The molecule has 2 unspecified atom stereocenters. The molecule has 2 saturated heterocycles. The van der Waals surface area contributed by atoms with E-state index in [4.69, 9.17) is 0 Å². The Kier molecular flexibility index (Phi) is 5.63. The van der Waals surface area contributed by atoms with Gasteiger partial charge in [-0.3, -0.25) is 9.69 Å². The first-order chi connectivity index (χ1) is 13.0. The molecule has 2 atom stereocenters. The molecule has 2 fully saturated rings. The van der Waals surface area contributed by atoms with Gasteiger partial charge in [-0.05, 0) is 37.4 Å². The number of nitrogens with one attached hydrogen (secondary N) is 1. The van der Waals surface area contributed by atoms with E-state index in [9.17, 15) is 13.2 Å². The molecule has 2 aliphatic rings. The van der Waals surface area contributed by atoms with Crippen LogP contribution in [0, 0.1) is 0 Å². The number of sulfone groups is 1. The molecule has 2 aliphatic heterocycles. The highest BCUT2D eigenvalue weighted by molar-refractivity contribution is 7.91. The lowest BCUT2D eigenvalue weighted by atomic mass is 10.0. The zero-order chi connectivity index (χ0) is 18.9. The average molecular weight is 426 g/mol. The van der Waals surface area contributed by atoms with Crippen LogP contribution in [0.1, 0.15) is 25.0 Å². The van der Waals surface area contributed by atoms with Crippen LogP contribution in [0.3, 0.4) is 0 Å². The number of piperidine rings is 1. The lowest BCUT2D eigenvalue weighted by Crippen LogP contribution is -2.52. The highest BCUT2D eigenvalue weighted by atomic mass is 32.2. The number of carbonyl (C=O) groups is 1. The van der Waals surface area contributed by atoms with Gasteiger partial charge in [0, 0.05) is 11.4 Å². The SMILES string of the molecule is O=C(Cc1csc(-c2cccs2)n1)NC1CS(=O)(=O)CC1N1CCCCC1. The van der Waals surface area contributed by atoms with E-state index in [1.54, 1.807) is 11.3 Å². The van der Waals surface area contributed by atoms with E-state index >= 15 is 0 Å². The van der Waals surface area contributed by atoms with Gasteiger partial charge < -0.3 is 5.32 Å². The van der Waals surface area contributed by atoms with Crippen LogP contribution < -0.4 is 5.32 Å². The largest absolute Gasteiger partial charge is 0.350 e. The highest BCUT2D eigenvalue weighted by Crippen LogP contribution is 2.28. The second-order valence-electron chi connectivity index (χ2n) is 7.21. The summed E-state index contributed by atoms with van der Waals surface area (Å²) in [5, 5.41) is 7.81. The minimum absolute atomic E-state index is 0.0391. The Labute approximate surface area is 167 Å². The molecule has 0 spiro atoms. The fourth-order valence-corrected chi connectivity index (χ4v) is 7.49. The molecule has 9 heteroatoms. The maximum atomic E-state index is 12.5. The zero-order valence-corrected chi connectivity index (χ0v) is 17.4. The predicted octanol–water partition coefficient (Wildman–Crippen LogP) is 2.18. The van der Waals surface area contributed by atoms with E-state index < -0.39 is 9.84 Å². The summed E-state index contributed by atoms with van der Waals surface area (Å²) in [5.74, 6) is 0.0383. The number of rotatable bonds is 5. The van der Waals surface area contributed by atoms with Crippen molar-refractivity contribution >= 4 is 38.4 Å². The van der Waals surface area contributed by atoms with Gasteiger partial charge >= 0.3 is 0 Å². The quantitative estimate of drug-likeness (QED) is 0.794. The second-order valence-corrected chi connectivity index (χ2v) is 11.2. The van der Waals surface area contributed by atoms with E-state index in [1.165, 1.54) is 17.8 Å². The highest BCUT2D eigenvalue weighted by Gasteiger charge is 2.41. The van der Waals surface area contributed by atoms with Crippen molar-refractivity contribution in [3.8, 4) is 9.88 Å². The minimum Gasteiger partial charge on any atom is -0.350 e. The molecule has 0 aliphatic carbocycles. The van der Waals surface area contributed by atoms with Gasteiger partial charge in [-0.2, -0.15) is 0 Å². The lowest BCUT2D eigenvalue weighted by Gasteiger charge is -2.35. The fraction of sp³-hybridized carbons (Fsp3) is 0.556. The Morgan fingerprint density at radius 2 is 2.04 bits per heavy atom. The molecule has 146 valence electrons. The van der Waals surface area contributed by atoms with Crippen molar-refractivity contribution in [3.63, 3.8) is 0 Å². The standard InChI is InChI=1S/C18H23N3O3S3/c22-17(9-13-10-26-18(19-13)16-5-4-8-25-16)20-14-11-27(23,24)12-15(14)21-6-2-1-3-7-21/h4-5,8,10,14-15H,1-3,6-7,9,11-12H2,(H,20,22). The molecule has 27 heavy (non-hydrogen) atoms. The van der Waals surface area contributed by atoms with E-state index in [1.807, 2.05) is 22.9 Å². The van der Waals surface area contributed by atoms with Crippen LogP contribution in [-0.4, -0.2) is 60.9 Å². The van der Waals surface area contributed by atoms with Gasteiger partial charge in [-0.25, -0.2) is 13.4 Å². The van der Waals surface area contributed by atoms with Crippen LogP contribution in [0.2, 0.25) is 0 Å². The molecule has 2 aromatic heterocycles. The van der Waals surface area contributed by atoms with E-state index in [0.717, 1.165) is 41.5 Å².